The lowest BCUT2D eigenvalue weighted by molar-refractivity contribution is 0.236. The first-order chi connectivity index (χ1) is 8.94. The number of halogens is 2. The number of sulfonamides is 1. The first-order valence-electron chi connectivity index (χ1n) is 5.10. The molecule has 0 radical (unpaired) electrons. The highest BCUT2D eigenvalue weighted by Gasteiger charge is 2.21. The van der Waals surface area contributed by atoms with Crippen LogP contribution in [-0.2, 0) is 16.6 Å². The van der Waals surface area contributed by atoms with Gasteiger partial charge < -0.3 is 9.52 Å². The molecule has 2 N–H and O–H groups in total. The van der Waals surface area contributed by atoms with Crippen LogP contribution in [-0.4, -0.2) is 13.5 Å². The number of aliphatic hydroxyl groups is 1. The second-order valence-corrected chi connectivity index (χ2v) is 5.20. The van der Waals surface area contributed by atoms with Gasteiger partial charge in [-0.25, -0.2) is 8.78 Å². The molecule has 8 heteroatoms. The Morgan fingerprint density at radius 1 is 1.21 bits per heavy atom. The lowest BCUT2D eigenvalue weighted by Crippen LogP contribution is -2.13. The highest BCUT2D eigenvalue weighted by Crippen LogP contribution is 2.22. The molecular weight excluding hydrogens is 280 g/mol. The van der Waals surface area contributed by atoms with Gasteiger partial charge in [0.05, 0.1) is 5.69 Å². The van der Waals surface area contributed by atoms with Gasteiger partial charge in [0.15, 0.2) is 11.6 Å². The SMILES string of the molecule is O=S(=O)(Nc1cccc(F)c1F)c1ccc(CO)o1. The molecule has 0 amide bonds. The van der Waals surface area contributed by atoms with Crippen LogP contribution < -0.4 is 4.72 Å². The molecule has 0 saturated heterocycles. The van der Waals surface area contributed by atoms with Crippen molar-refractivity contribution in [1.29, 1.82) is 0 Å². The number of hydrogen-bond acceptors (Lipinski definition) is 4. The summed E-state index contributed by atoms with van der Waals surface area (Å²) in [5, 5.41) is 8.27. The Labute approximate surface area is 107 Å². The fourth-order valence-electron chi connectivity index (χ4n) is 1.37. The summed E-state index contributed by atoms with van der Waals surface area (Å²) in [6.07, 6.45) is 0. The zero-order valence-electron chi connectivity index (χ0n) is 9.43. The number of aliphatic hydroxyl groups excluding tert-OH is 1. The smallest absolute Gasteiger partial charge is 0.295 e. The topological polar surface area (TPSA) is 79.5 Å². The molecule has 1 heterocycles. The highest BCUT2D eigenvalue weighted by molar-refractivity contribution is 7.92. The van der Waals surface area contributed by atoms with Gasteiger partial charge in [0.1, 0.15) is 12.4 Å². The number of furan rings is 1. The van der Waals surface area contributed by atoms with Crippen molar-refractivity contribution in [1.82, 2.24) is 0 Å². The maximum absolute atomic E-state index is 13.3. The summed E-state index contributed by atoms with van der Waals surface area (Å²) in [5.74, 6) is -2.43. The van der Waals surface area contributed by atoms with Crippen LogP contribution in [0.1, 0.15) is 5.76 Å². The molecule has 0 aliphatic rings. The van der Waals surface area contributed by atoms with E-state index < -0.39 is 39.0 Å². The quantitative estimate of drug-likeness (QED) is 0.900. The summed E-state index contributed by atoms with van der Waals surface area (Å²) in [4.78, 5) is 0. The van der Waals surface area contributed by atoms with Crippen molar-refractivity contribution >= 4 is 15.7 Å². The van der Waals surface area contributed by atoms with Crippen LogP contribution in [0.15, 0.2) is 39.8 Å². The fourth-order valence-corrected chi connectivity index (χ4v) is 2.38. The Bertz CT molecular complexity index is 696. The van der Waals surface area contributed by atoms with E-state index in [9.17, 15) is 17.2 Å². The summed E-state index contributed by atoms with van der Waals surface area (Å²) in [7, 11) is -4.18. The average Bonchev–Trinajstić information content (AvgIpc) is 2.84. The molecule has 102 valence electrons. The molecular formula is C11H9F2NO4S. The minimum atomic E-state index is -4.18. The molecule has 0 spiro atoms. The number of hydrogen-bond donors (Lipinski definition) is 2. The van der Waals surface area contributed by atoms with E-state index in [0.29, 0.717) is 0 Å². The largest absolute Gasteiger partial charge is 0.445 e. The molecule has 0 fully saturated rings. The maximum atomic E-state index is 13.3. The zero-order valence-corrected chi connectivity index (χ0v) is 10.2. The maximum Gasteiger partial charge on any atom is 0.295 e. The summed E-state index contributed by atoms with van der Waals surface area (Å²) in [6, 6.07) is 5.47. The molecule has 2 aromatic rings. The van der Waals surface area contributed by atoms with E-state index in [-0.39, 0.29) is 5.76 Å². The standard InChI is InChI=1S/C11H9F2NO4S/c12-8-2-1-3-9(11(8)13)14-19(16,17)10-5-4-7(6-15)18-10/h1-5,14-15H,6H2. The lowest BCUT2D eigenvalue weighted by atomic mass is 10.3. The van der Waals surface area contributed by atoms with Gasteiger partial charge in [0, 0.05) is 0 Å². The van der Waals surface area contributed by atoms with Crippen molar-refractivity contribution < 1.29 is 26.7 Å². The second-order valence-electron chi connectivity index (χ2n) is 3.59. The first kappa shape index (κ1) is 13.5. The average molecular weight is 289 g/mol. The molecule has 0 unspecified atom stereocenters. The third-order valence-electron chi connectivity index (χ3n) is 2.25. The van der Waals surface area contributed by atoms with Crippen LogP contribution >= 0.6 is 0 Å². The van der Waals surface area contributed by atoms with Crippen LogP contribution in [0.3, 0.4) is 0 Å². The minimum absolute atomic E-state index is 0.0417. The van der Waals surface area contributed by atoms with Crippen LogP contribution in [0, 0.1) is 11.6 Å². The van der Waals surface area contributed by atoms with Crippen molar-refractivity contribution in [3.8, 4) is 0 Å². The highest BCUT2D eigenvalue weighted by atomic mass is 32.2. The summed E-state index contributed by atoms with van der Waals surface area (Å²) < 4.78 is 56.6. The number of rotatable bonds is 4. The molecule has 1 aromatic carbocycles. The van der Waals surface area contributed by atoms with Crippen molar-refractivity contribution in [2.45, 2.75) is 11.7 Å². The summed E-state index contributed by atoms with van der Waals surface area (Å²) >= 11 is 0. The third kappa shape index (κ3) is 2.74. The number of benzene rings is 1. The van der Waals surface area contributed by atoms with Gasteiger partial charge >= 0.3 is 0 Å². The van der Waals surface area contributed by atoms with Gasteiger partial charge in [-0.3, -0.25) is 4.72 Å². The summed E-state index contributed by atoms with van der Waals surface area (Å²) in [6.45, 7) is -0.468. The summed E-state index contributed by atoms with van der Waals surface area (Å²) in [5.41, 5.74) is -0.526. The number of nitrogens with one attached hydrogen (secondary N) is 1. The van der Waals surface area contributed by atoms with Crippen molar-refractivity contribution in [3.05, 3.63) is 47.7 Å². The molecule has 5 nitrogen and oxygen atoms in total. The van der Waals surface area contributed by atoms with Crippen LogP contribution in [0.4, 0.5) is 14.5 Å². The van der Waals surface area contributed by atoms with Gasteiger partial charge in [0.2, 0.25) is 5.09 Å². The van der Waals surface area contributed by atoms with E-state index in [1.807, 2.05) is 4.72 Å². The minimum Gasteiger partial charge on any atom is -0.445 e. The van der Waals surface area contributed by atoms with Gasteiger partial charge in [-0.1, -0.05) is 6.07 Å². The lowest BCUT2D eigenvalue weighted by Gasteiger charge is -2.06. The second kappa shape index (κ2) is 4.98. The zero-order chi connectivity index (χ0) is 14.0. The monoisotopic (exact) mass is 289 g/mol. The van der Waals surface area contributed by atoms with E-state index in [1.54, 1.807) is 0 Å². The van der Waals surface area contributed by atoms with Crippen molar-refractivity contribution in [2.75, 3.05) is 4.72 Å². The van der Waals surface area contributed by atoms with E-state index in [1.165, 1.54) is 6.07 Å². The molecule has 0 bridgehead atoms. The van der Waals surface area contributed by atoms with E-state index >= 15 is 0 Å². The Morgan fingerprint density at radius 3 is 2.58 bits per heavy atom. The van der Waals surface area contributed by atoms with Crippen LogP contribution in [0.25, 0.3) is 0 Å². The predicted octanol–water partition coefficient (Wildman–Crippen LogP) is 1.85. The molecule has 19 heavy (non-hydrogen) atoms. The molecule has 0 atom stereocenters. The first-order valence-corrected chi connectivity index (χ1v) is 6.59. The van der Waals surface area contributed by atoms with Crippen molar-refractivity contribution in [2.24, 2.45) is 0 Å². The van der Waals surface area contributed by atoms with Gasteiger partial charge in [-0.2, -0.15) is 8.42 Å². The van der Waals surface area contributed by atoms with Crippen LogP contribution in [0.5, 0.6) is 0 Å². The molecule has 0 aliphatic carbocycles. The van der Waals surface area contributed by atoms with E-state index in [4.69, 9.17) is 9.52 Å². The normalized spacial score (nSPS) is 11.5. The Morgan fingerprint density at radius 2 is 1.95 bits per heavy atom. The molecule has 2 rings (SSSR count). The van der Waals surface area contributed by atoms with Gasteiger partial charge in [0.25, 0.3) is 10.0 Å². The van der Waals surface area contributed by atoms with E-state index in [0.717, 1.165) is 24.3 Å². The van der Waals surface area contributed by atoms with E-state index in [2.05, 4.69) is 0 Å². The molecule has 0 aliphatic heterocycles. The Kier molecular flexibility index (Phi) is 3.54. The third-order valence-corrected chi connectivity index (χ3v) is 3.49. The van der Waals surface area contributed by atoms with Crippen molar-refractivity contribution in [3.63, 3.8) is 0 Å². The van der Waals surface area contributed by atoms with Gasteiger partial charge in [-0.05, 0) is 24.3 Å². The molecule has 1 aromatic heterocycles. The van der Waals surface area contributed by atoms with Crippen LogP contribution in [0.2, 0.25) is 0 Å². The van der Waals surface area contributed by atoms with Gasteiger partial charge in [-0.15, -0.1) is 0 Å². The fraction of sp³-hybridized carbons (Fsp3) is 0.0909. The number of anilines is 1. The molecule has 0 saturated carbocycles. The Hall–Kier alpha value is -1.93. The predicted molar refractivity (Wildman–Crippen MR) is 61.8 cm³/mol. The Balaban J connectivity index is 2.33.